The Morgan fingerprint density at radius 2 is 2.07 bits per heavy atom. The molecule has 0 aromatic heterocycles. The van der Waals surface area contributed by atoms with E-state index in [0.717, 1.165) is 17.2 Å². The highest BCUT2D eigenvalue weighted by atomic mass is 79.9. The predicted molar refractivity (Wildman–Crippen MR) is 55.1 cm³/mol. The largest absolute Gasteiger partial charge is 0.490 e. The molecule has 0 bridgehead atoms. The molecule has 1 aliphatic heterocycles. The number of benzene rings is 1. The van der Waals surface area contributed by atoms with Gasteiger partial charge >= 0.3 is 0 Å². The Labute approximate surface area is 90.1 Å². The minimum Gasteiger partial charge on any atom is -0.490 e. The van der Waals surface area contributed by atoms with E-state index in [1.807, 2.05) is 0 Å². The maximum atomic E-state index is 10.8. The first-order valence-corrected chi connectivity index (χ1v) is 5.15. The third-order valence-electron chi connectivity index (χ3n) is 2.02. The smallest absolute Gasteiger partial charge is 0.172 e. The highest BCUT2D eigenvalue weighted by Crippen LogP contribution is 2.36. The van der Waals surface area contributed by atoms with Gasteiger partial charge in [-0.1, -0.05) is 0 Å². The van der Waals surface area contributed by atoms with Gasteiger partial charge in [-0.2, -0.15) is 0 Å². The Kier molecular flexibility index (Phi) is 2.72. The van der Waals surface area contributed by atoms with Gasteiger partial charge in [0, 0.05) is 10.9 Å². The van der Waals surface area contributed by atoms with Crippen LogP contribution in [0, 0.1) is 0 Å². The zero-order valence-corrected chi connectivity index (χ0v) is 9.04. The lowest BCUT2D eigenvalue weighted by Gasteiger charge is -2.09. The normalized spacial score (nSPS) is 14.6. The van der Waals surface area contributed by atoms with Gasteiger partial charge in [0.2, 0.25) is 0 Å². The fourth-order valence-corrected chi connectivity index (χ4v) is 1.75. The average molecular weight is 257 g/mol. The van der Waals surface area contributed by atoms with Gasteiger partial charge in [0.05, 0.1) is 18.8 Å². The van der Waals surface area contributed by atoms with E-state index in [0.29, 0.717) is 30.3 Å². The van der Waals surface area contributed by atoms with Crippen LogP contribution in [0.15, 0.2) is 16.6 Å². The second kappa shape index (κ2) is 4.00. The molecule has 0 N–H and O–H groups in total. The third kappa shape index (κ3) is 1.62. The molecule has 0 aliphatic carbocycles. The lowest BCUT2D eigenvalue weighted by molar-refractivity contribution is 0.111. The fraction of sp³-hybridized carbons (Fsp3) is 0.300. The maximum absolute atomic E-state index is 10.8. The van der Waals surface area contributed by atoms with Gasteiger partial charge in [-0.05, 0) is 28.1 Å². The van der Waals surface area contributed by atoms with Crippen molar-refractivity contribution in [3.63, 3.8) is 0 Å². The lowest BCUT2D eigenvalue weighted by atomic mass is 10.2. The Bertz CT molecular complexity index is 363. The van der Waals surface area contributed by atoms with Crippen LogP contribution in [0.5, 0.6) is 11.5 Å². The number of fused-ring (bicyclic) bond motifs is 1. The maximum Gasteiger partial charge on any atom is 0.172 e. The number of ether oxygens (including phenoxy) is 2. The van der Waals surface area contributed by atoms with Crippen LogP contribution in [0.4, 0.5) is 0 Å². The van der Waals surface area contributed by atoms with Crippen LogP contribution < -0.4 is 9.47 Å². The highest BCUT2D eigenvalue weighted by Gasteiger charge is 2.16. The van der Waals surface area contributed by atoms with Crippen LogP contribution in [0.25, 0.3) is 0 Å². The summed E-state index contributed by atoms with van der Waals surface area (Å²) in [6.07, 6.45) is 1.61. The van der Waals surface area contributed by atoms with Crippen LogP contribution in [0.1, 0.15) is 16.8 Å². The molecule has 3 nitrogen and oxygen atoms in total. The molecule has 2 rings (SSSR count). The molecule has 1 aliphatic rings. The van der Waals surface area contributed by atoms with Crippen LogP contribution in [-0.4, -0.2) is 19.5 Å². The Morgan fingerprint density at radius 1 is 1.29 bits per heavy atom. The monoisotopic (exact) mass is 256 g/mol. The van der Waals surface area contributed by atoms with Gasteiger partial charge in [0.1, 0.15) is 0 Å². The van der Waals surface area contributed by atoms with Gasteiger partial charge in [-0.25, -0.2) is 0 Å². The van der Waals surface area contributed by atoms with E-state index in [9.17, 15) is 4.79 Å². The van der Waals surface area contributed by atoms with Crippen molar-refractivity contribution in [2.45, 2.75) is 6.42 Å². The molecular weight excluding hydrogens is 248 g/mol. The second-order valence-electron chi connectivity index (χ2n) is 2.96. The summed E-state index contributed by atoms with van der Waals surface area (Å²) in [6.45, 7) is 1.22. The lowest BCUT2D eigenvalue weighted by Crippen LogP contribution is -1.98. The van der Waals surface area contributed by atoms with Crippen LogP contribution in [-0.2, 0) is 0 Å². The summed E-state index contributed by atoms with van der Waals surface area (Å²) in [5.74, 6) is 1.19. The second-order valence-corrected chi connectivity index (χ2v) is 3.81. The summed E-state index contributed by atoms with van der Waals surface area (Å²) in [5, 5.41) is 0. The van der Waals surface area contributed by atoms with E-state index in [4.69, 9.17) is 9.47 Å². The summed E-state index contributed by atoms with van der Waals surface area (Å²) >= 11 is 3.29. The average Bonchev–Trinajstić information content (AvgIpc) is 2.42. The number of hydrogen-bond donors (Lipinski definition) is 0. The van der Waals surface area contributed by atoms with Crippen LogP contribution >= 0.6 is 15.9 Å². The first-order chi connectivity index (χ1) is 6.83. The topological polar surface area (TPSA) is 35.5 Å². The molecule has 1 aromatic rings. The minimum absolute atomic E-state index is 0.518. The first kappa shape index (κ1) is 9.52. The summed E-state index contributed by atoms with van der Waals surface area (Å²) in [7, 11) is 0. The van der Waals surface area contributed by atoms with E-state index in [1.165, 1.54) is 0 Å². The number of carbonyl (C=O) groups is 1. The summed E-state index contributed by atoms with van der Waals surface area (Å²) in [6, 6.07) is 3.59. The molecule has 0 saturated carbocycles. The van der Waals surface area contributed by atoms with Crippen LogP contribution in [0.2, 0.25) is 0 Å². The van der Waals surface area contributed by atoms with Gasteiger partial charge in [-0.3, -0.25) is 4.79 Å². The zero-order chi connectivity index (χ0) is 9.97. The third-order valence-corrected chi connectivity index (χ3v) is 2.71. The number of aldehydes is 1. The van der Waals surface area contributed by atoms with Crippen molar-refractivity contribution in [2.24, 2.45) is 0 Å². The standard InChI is InChI=1S/C10H9BrO3/c11-8-2-3-9-10(7(8)6-12)14-5-1-4-13-9/h2-3,6H,1,4-5H2. The number of hydrogen-bond acceptors (Lipinski definition) is 3. The molecule has 74 valence electrons. The highest BCUT2D eigenvalue weighted by molar-refractivity contribution is 9.10. The predicted octanol–water partition coefficient (Wildman–Crippen LogP) is 2.42. The Balaban J connectivity index is 2.53. The molecule has 0 atom stereocenters. The number of halogens is 1. The molecular formula is C10H9BrO3. The molecule has 0 spiro atoms. The van der Waals surface area contributed by atoms with Crippen molar-refractivity contribution >= 4 is 22.2 Å². The Morgan fingerprint density at radius 3 is 2.86 bits per heavy atom. The summed E-state index contributed by atoms with van der Waals surface area (Å²) in [4.78, 5) is 10.8. The van der Waals surface area contributed by atoms with E-state index < -0.39 is 0 Å². The minimum atomic E-state index is 0.518. The zero-order valence-electron chi connectivity index (χ0n) is 7.46. The van der Waals surface area contributed by atoms with Crippen molar-refractivity contribution in [2.75, 3.05) is 13.2 Å². The molecule has 0 unspecified atom stereocenters. The van der Waals surface area contributed by atoms with Gasteiger partial charge in [-0.15, -0.1) is 0 Å². The molecule has 0 fully saturated rings. The van der Waals surface area contributed by atoms with Gasteiger partial charge in [0.25, 0.3) is 0 Å². The molecule has 14 heavy (non-hydrogen) atoms. The Hall–Kier alpha value is -1.03. The van der Waals surface area contributed by atoms with Crippen molar-refractivity contribution in [1.82, 2.24) is 0 Å². The van der Waals surface area contributed by atoms with E-state index in [-0.39, 0.29) is 0 Å². The number of rotatable bonds is 1. The van der Waals surface area contributed by atoms with Gasteiger partial charge < -0.3 is 9.47 Å². The van der Waals surface area contributed by atoms with Crippen LogP contribution in [0.3, 0.4) is 0 Å². The molecule has 0 radical (unpaired) electrons. The number of carbonyl (C=O) groups excluding carboxylic acids is 1. The summed E-state index contributed by atoms with van der Waals surface area (Å²) in [5.41, 5.74) is 0.518. The van der Waals surface area contributed by atoms with E-state index >= 15 is 0 Å². The van der Waals surface area contributed by atoms with Crippen molar-refractivity contribution < 1.29 is 14.3 Å². The van der Waals surface area contributed by atoms with E-state index in [2.05, 4.69) is 15.9 Å². The molecule has 1 heterocycles. The fourth-order valence-electron chi connectivity index (χ4n) is 1.34. The molecule has 4 heteroatoms. The SMILES string of the molecule is O=Cc1c(Br)ccc2c1OCCCO2. The molecule has 1 aromatic carbocycles. The summed E-state index contributed by atoms with van der Waals surface area (Å²) < 4.78 is 11.6. The molecule has 0 amide bonds. The van der Waals surface area contributed by atoms with Crippen molar-refractivity contribution in [3.8, 4) is 11.5 Å². The molecule has 0 saturated heterocycles. The van der Waals surface area contributed by atoms with Gasteiger partial charge in [0.15, 0.2) is 17.8 Å². The first-order valence-electron chi connectivity index (χ1n) is 4.36. The van der Waals surface area contributed by atoms with Crippen molar-refractivity contribution in [1.29, 1.82) is 0 Å². The van der Waals surface area contributed by atoms with E-state index in [1.54, 1.807) is 12.1 Å². The quantitative estimate of drug-likeness (QED) is 0.725. The van der Waals surface area contributed by atoms with Crippen molar-refractivity contribution in [3.05, 3.63) is 22.2 Å².